The van der Waals surface area contributed by atoms with Crippen molar-refractivity contribution in [1.82, 2.24) is 4.90 Å². The van der Waals surface area contributed by atoms with E-state index >= 15 is 0 Å². The average Bonchev–Trinajstić information content (AvgIpc) is 3.05. The van der Waals surface area contributed by atoms with Gasteiger partial charge in [-0.1, -0.05) is 86.1 Å². The lowest BCUT2D eigenvalue weighted by Crippen LogP contribution is -2.38. The summed E-state index contributed by atoms with van der Waals surface area (Å²) >= 11 is 0. The molecule has 1 N–H and O–H groups in total. The standard InChI is InChI=1S/C37H39NO4/c1-2-35(28-12-6-3-7-13-28)36(30-18-22-34(23-19-30)42-37(40)31-14-8-4-9-15-31)29-16-20-33(21-17-29)41-27-32(39)26-38-24-10-5-11-25-38/h3-4,6-9,12-23,32,39H,2,5,10-11,24-27H2,1H3. The SMILES string of the molecule is CCC(=C(c1ccc(OCC(O)CN2CCCCC2)cc1)c1ccc(OC(=O)c2ccccc2)cc1)c1ccccc1. The van der Waals surface area contributed by atoms with Gasteiger partial charge >= 0.3 is 5.97 Å². The molecule has 1 aliphatic rings. The van der Waals surface area contributed by atoms with Gasteiger partial charge in [-0.2, -0.15) is 0 Å². The molecule has 1 aliphatic heterocycles. The highest BCUT2D eigenvalue weighted by atomic mass is 16.5. The summed E-state index contributed by atoms with van der Waals surface area (Å²) in [6.07, 6.45) is 4.01. The Morgan fingerprint density at radius 1 is 0.714 bits per heavy atom. The van der Waals surface area contributed by atoms with Crippen LogP contribution in [0.3, 0.4) is 0 Å². The molecule has 1 heterocycles. The summed E-state index contributed by atoms with van der Waals surface area (Å²) in [5.74, 6) is 0.850. The largest absolute Gasteiger partial charge is 0.491 e. The van der Waals surface area contributed by atoms with Crippen LogP contribution in [0, 0.1) is 0 Å². The van der Waals surface area contributed by atoms with Gasteiger partial charge in [0.15, 0.2) is 0 Å². The van der Waals surface area contributed by atoms with Gasteiger partial charge in [0.05, 0.1) is 5.56 Å². The summed E-state index contributed by atoms with van der Waals surface area (Å²) in [4.78, 5) is 14.9. The molecular formula is C37H39NO4. The van der Waals surface area contributed by atoms with Gasteiger partial charge in [0.1, 0.15) is 24.2 Å². The van der Waals surface area contributed by atoms with Crippen molar-refractivity contribution in [2.45, 2.75) is 38.7 Å². The molecule has 1 atom stereocenters. The molecule has 1 fully saturated rings. The Labute approximate surface area is 249 Å². The van der Waals surface area contributed by atoms with E-state index in [0.29, 0.717) is 17.9 Å². The minimum absolute atomic E-state index is 0.270. The topological polar surface area (TPSA) is 59.0 Å². The molecule has 42 heavy (non-hydrogen) atoms. The number of β-amino-alcohol motifs (C(OH)–C–C–N with tert-alkyl or cyclic N) is 1. The first kappa shape index (κ1) is 29.3. The Bertz CT molecular complexity index is 1440. The van der Waals surface area contributed by atoms with Crippen LogP contribution in [0.25, 0.3) is 11.1 Å². The van der Waals surface area contributed by atoms with E-state index in [4.69, 9.17) is 9.47 Å². The zero-order valence-corrected chi connectivity index (χ0v) is 24.2. The average molecular weight is 562 g/mol. The highest BCUT2D eigenvalue weighted by Crippen LogP contribution is 2.35. The second-order valence-electron chi connectivity index (χ2n) is 10.7. The number of aliphatic hydroxyl groups excluding tert-OH is 1. The third-order valence-electron chi connectivity index (χ3n) is 7.64. The summed E-state index contributed by atoms with van der Waals surface area (Å²) in [7, 11) is 0. The van der Waals surface area contributed by atoms with Crippen molar-refractivity contribution >= 4 is 17.1 Å². The number of aliphatic hydroxyl groups is 1. The van der Waals surface area contributed by atoms with Crippen LogP contribution in [0.2, 0.25) is 0 Å². The van der Waals surface area contributed by atoms with Gasteiger partial charge in [-0.3, -0.25) is 0 Å². The van der Waals surface area contributed by atoms with Gasteiger partial charge in [0.2, 0.25) is 0 Å². The molecule has 216 valence electrons. The molecule has 0 saturated carbocycles. The first-order chi connectivity index (χ1) is 20.6. The zero-order valence-electron chi connectivity index (χ0n) is 24.2. The molecule has 0 amide bonds. The van der Waals surface area contributed by atoms with E-state index in [1.54, 1.807) is 12.1 Å². The number of carbonyl (C=O) groups excluding carboxylic acids is 1. The zero-order chi connectivity index (χ0) is 29.1. The lowest BCUT2D eigenvalue weighted by Gasteiger charge is -2.28. The van der Waals surface area contributed by atoms with E-state index < -0.39 is 6.10 Å². The predicted molar refractivity (Wildman–Crippen MR) is 169 cm³/mol. The van der Waals surface area contributed by atoms with Gasteiger partial charge in [-0.05, 0) is 96.6 Å². The summed E-state index contributed by atoms with van der Waals surface area (Å²) in [6, 6.07) is 35.2. The number of esters is 1. The number of likely N-dealkylation sites (tertiary alicyclic amines) is 1. The van der Waals surface area contributed by atoms with Crippen molar-refractivity contribution in [3.63, 3.8) is 0 Å². The fourth-order valence-electron chi connectivity index (χ4n) is 5.51. The van der Waals surface area contributed by atoms with Crippen LogP contribution >= 0.6 is 0 Å². The molecule has 5 heteroatoms. The summed E-state index contributed by atoms with van der Waals surface area (Å²) in [6.45, 7) is 5.20. The first-order valence-corrected chi connectivity index (χ1v) is 14.9. The maximum Gasteiger partial charge on any atom is 0.343 e. The minimum atomic E-state index is -0.516. The van der Waals surface area contributed by atoms with Gasteiger partial charge < -0.3 is 19.5 Å². The second-order valence-corrected chi connectivity index (χ2v) is 10.7. The van der Waals surface area contributed by atoms with E-state index in [1.807, 2.05) is 60.7 Å². The second kappa shape index (κ2) is 14.6. The van der Waals surface area contributed by atoms with Gasteiger partial charge in [0, 0.05) is 6.54 Å². The molecule has 0 aromatic heterocycles. The maximum atomic E-state index is 12.6. The Kier molecular flexibility index (Phi) is 10.2. The number of ether oxygens (including phenoxy) is 2. The number of benzene rings is 4. The fraction of sp³-hybridized carbons (Fsp3) is 0.270. The molecule has 0 spiro atoms. The van der Waals surface area contributed by atoms with Crippen LogP contribution in [0.5, 0.6) is 11.5 Å². The van der Waals surface area contributed by atoms with Crippen LogP contribution in [-0.4, -0.2) is 48.3 Å². The van der Waals surface area contributed by atoms with Crippen LogP contribution in [-0.2, 0) is 0 Å². The maximum absolute atomic E-state index is 12.6. The monoisotopic (exact) mass is 561 g/mol. The number of nitrogens with zero attached hydrogens (tertiary/aromatic N) is 1. The normalized spacial score (nSPS) is 15.0. The van der Waals surface area contributed by atoms with Crippen LogP contribution in [0.1, 0.15) is 59.7 Å². The number of carbonyl (C=O) groups is 1. The van der Waals surface area contributed by atoms with E-state index in [0.717, 1.165) is 47.5 Å². The van der Waals surface area contributed by atoms with Gasteiger partial charge in [-0.15, -0.1) is 0 Å². The minimum Gasteiger partial charge on any atom is -0.491 e. The highest BCUT2D eigenvalue weighted by molar-refractivity contribution is 5.98. The van der Waals surface area contributed by atoms with Gasteiger partial charge in [0.25, 0.3) is 0 Å². The molecule has 4 aromatic rings. The Morgan fingerprint density at radius 3 is 1.83 bits per heavy atom. The summed E-state index contributed by atoms with van der Waals surface area (Å²) in [5, 5.41) is 10.5. The molecule has 0 bridgehead atoms. The lowest BCUT2D eigenvalue weighted by molar-refractivity contribution is 0.0617. The quantitative estimate of drug-likeness (QED) is 0.117. The van der Waals surface area contributed by atoms with Crippen molar-refractivity contribution in [2.75, 3.05) is 26.2 Å². The summed E-state index contributed by atoms with van der Waals surface area (Å²) < 4.78 is 11.6. The van der Waals surface area contributed by atoms with E-state index in [1.165, 1.54) is 24.8 Å². The number of piperidine rings is 1. The molecule has 4 aromatic carbocycles. The molecule has 0 radical (unpaired) electrons. The van der Waals surface area contributed by atoms with Crippen molar-refractivity contribution in [3.05, 3.63) is 131 Å². The van der Waals surface area contributed by atoms with E-state index in [-0.39, 0.29) is 12.6 Å². The molecule has 5 nitrogen and oxygen atoms in total. The predicted octanol–water partition coefficient (Wildman–Crippen LogP) is 7.50. The molecule has 5 rings (SSSR count). The molecule has 1 saturated heterocycles. The summed E-state index contributed by atoms with van der Waals surface area (Å²) in [5.41, 5.74) is 6.10. The molecular weight excluding hydrogens is 522 g/mol. The smallest absolute Gasteiger partial charge is 0.343 e. The van der Waals surface area contributed by atoms with Crippen LogP contribution in [0.15, 0.2) is 109 Å². The van der Waals surface area contributed by atoms with Crippen molar-refractivity contribution in [1.29, 1.82) is 0 Å². The van der Waals surface area contributed by atoms with Crippen molar-refractivity contribution in [3.8, 4) is 11.5 Å². The Morgan fingerprint density at radius 2 is 1.26 bits per heavy atom. The van der Waals surface area contributed by atoms with Crippen molar-refractivity contribution < 1.29 is 19.4 Å². The van der Waals surface area contributed by atoms with Crippen molar-refractivity contribution in [2.24, 2.45) is 0 Å². The van der Waals surface area contributed by atoms with Gasteiger partial charge in [-0.25, -0.2) is 4.79 Å². The third-order valence-corrected chi connectivity index (χ3v) is 7.64. The molecule has 0 aliphatic carbocycles. The number of hydrogen-bond donors (Lipinski definition) is 1. The third kappa shape index (κ3) is 7.75. The fourth-order valence-corrected chi connectivity index (χ4v) is 5.51. The number of allylic oxidation sites excluding steroid dienone is 1. The number of hydrogen-bond acceptors (Lipinski definition) is 5. The first-order valence-electron chi connectivity index (χ1n) is 14.9. The van der Waals surface area contributed by atoms with E-state index in [9.17, 15) is 9.90 Å². The highest BCUT2D eigenvalue weighted by Gasteiger charge is 2.17. The van der Waals surface area contributed by atoms with Crippen LogP contribution in [0.4, 0.5) is 0 Å². The van der Waals surface area contributed by atoms with Crippen LogP contribution < -0.4 is 9.47 Å². The molecule has 1 unspecified atom stereocenters. The Hall–Kier alpha value is -4.19. The Balaban J connectivity index is 1.36. The van der Waals surface area contributed by atoms with E-state index in [2.05, 4.69) is 48.2 Å². The number of rotatable bonds is 11. The lowest BCUT2D eigenvalue weighted by atomic mass is 9.88.